The molecule has 1 aliphatic rings. The Balaban J connectivity index is 1.92. The zero-order valence-corrected chi connectivity index (χ0v) is 16.7. The quantitative estimate of drug-likeness (QED) is 0.245. The number of phenols is 4. The Morgan fingerprint density at radius 3 is 2.12 bits per heavy atom. The second-order valence-electron chi connectivity index (χ2n) is 7.48. The summed E-state index contributed by atoms with van der Waals surface area (Å²) in [5, 5.41) is 78.9. The fourth-order valence-electron chi connectivity index (χ4n) is 3.57. The Morgan fingerprint density at radius 1 is 0.848 bits per heavy atom. The van der Waals surface area contributed by atoms with Crippen LogP contribution in [-0.4, -0.2) is 78.2 Å². The van der Waals surface area contributed by atoms with E-state index in [0.717, 1.165) is 30.3 Å². The van der Waals surface area contributed by atoms with Crippen LogP contribution in [0.3, 0.4) is 0 Å². The van der Waals surface area contributed by atoms with Crippen LogP contribution in [0.2, 0.25) is 0 Å². The molecule has 5 atom stereocenters. The Labute approximate surface area is 184 Å². The molecule has 176 valence electrons. The minimum absolute atomic E-state index is 0.0612. The maximum absolute atomic E-state index is 13.3. The molecule has 2 aromatic carbocycles. The minimum Gasteiger partial charge on any atom is -0.508 e. The lowest BCUT2D eigenvalue weighted by Gasteiger charge is -2.39. The molecule has 0 spiro atoms. The summed E-state index contributed by atoms with van der Waals surface area (Å²) in [7, 11) is 0. The summed E-state index contributed by atoms with van der Waals surface area (Å²) >= 11 is 0. The van der Waals surface area contributed by atoms with Gasteiger partial charge in [0, 0.05) is 23.8 Å². The lowest BCUT2D eigenvalue weighted by Crippen LogP contribution is -2.60. The van der Waals surface area contributed by atoms with E-state index in [2.05, 4.69) is 0 Å². The van der Waals surface area contributed by atoms with Gasteiger partial charge in [-0.15, -0.1) is 0 Å². The molecule has 1 aromatic heterocycles. The average Bonchev–Trinajstić information content (AvgIpc) is 2.74. The van der Waals surface area contributed by atoms with Gasteiger partial charge < -0.3 is 54.7 Å². The molecule has 1 saturated heterocycles. The van der Waals surface area contributed by atoms with Gasteiger partial charge in [0.25, 0.3) is 0 Å². The van der Waals surface area contributed by atoms with Crippen LogP contribution in [0.15, 0.2) is 39.5 Å². The Kier molecular flexibility index (Phi) is 5.78. The molecule has 3 aromatic rings. The summed E-state index contributed by atoms with van der Waals surface area (Å²) in [6, 6.07) is 5.18. The molecule has 12 nitrogen and oxygen atoms in total. The van der Waals surface area contributed by atoms with E-state index in [1.807, 2.05) is 0 Å². The van der Waals surface area contributed by atoms with Crippen molar-refractivity contribution in [3.05, 3.63) is 40.6 Å². The zero-order chi connectivity index (χ0) is 24.0. The van der Waals surface area contributed by atoms with Crippen LogP contribution in [0, 0.1) is 0 Å². The van der Waals surface area contributed by atoms with Gasteiger partial charge in [0.2, 0.25) is 17.5 Å². The molecule has 0 unspecified atom stereocenters. The third kappa shape index (κ3) is 4.01. The maximum Gasteiger partial charge on any atom is 0.239 e. The number of benzene rings is 2. The molecular formula is C21H20O12. The lowest BCUT2D eigenvalue weighted by atomic mass is 9.99. The van der Waals surface area contributed by atoms with Crippen molar-refractivity contribution < 1.29 is 54.7 Å². The van der Waals surface area contributed by atoms with E-state index >= 15 is 0 Å². The van der Waals surface area contributed by atoms with Gasteiger partial charge in [0.1, 0.15) is 58.4 Å². The molecule has 0 saturated carbocycles. The summed E-state index contributed by atoms with van der Waals surface area (Å²) < 4.78 is 16.4. The molecule has 1 fully saturated rings. The van der Waals surface area contributed by atoms with Crippen LogP contribution in [-0.2, 0) is 4.74 Å². The monoisotopic (exact) mass is 464 g/mol. The predicted molar refractivity (Wildman–Crippen MR) is 109 cm³/mol. The third-order valence-electron chi connectivity index (χ3n) is 5.16. The number of hydrogen-bond acceptors (Lipinski definition) is 12. The molecule has 33 heavy (non-hydrogen) atoms. The normalized spacial score (nSPS) is 25.3. The molecule has 4 rings (SSSR count). The van der Waals surface area contributed by atoms with Crippen LogP contribution < -0.4 is 10.2 Å². The molecule has 1 aliphatic heterocycles. The number of aliphatic hydroxyl groups excluding tert-OH is 4. The van der Waals surface area contributed by atoms with Crippen molar-refractivity contribution in [3.63, 3.8) is 0 Å². The highest BCUT2D eigenvalue weighted by atomic mass is 16.7. The SMILES string of the molecule is O=c1c(O[C@H]2O[C@H](CO)[C@H](O)[C@@H](O)[C@H]2O)c(-c2cc(O)cc(O)c2)oc2cc(O)cc(O)c12. The molecule has 0 radical (unpaired) electrons. The molecule has 12 heteroatoms. The average molecular weight is 464 g/mol. The molecule has 0 amide bonds. The van der Waals surface area contributed by atoms with Crippen LogP contribution in [0.1, 0.15) is 0 Å². The Morgan fingerprint density at radius 2 is 1.48 bits per heavy atom. The van der Waals surface area contributed by atoms with Crippen LogP contribution in [0.4, 0.5) is 0 Å². The van der Waals surface area contributed by atoms with E-state index in [1.54, 1.807) is 0 Å². The van der Waals surface area contributed by atoms with Crippen molar-refractivity contribution in [2.75, 3.05) is 6.61 Å². The number of hydrogen-bond donors (Lipinski definition) is 8. The van der Waals surface area contributed by atoms with E-state index < -0.39 is 76.9 Å². The number of aromatic hydroxyl groups is 4. The van der Waals surface area contributed by atoms with E-state index in [9.17, 15) is 45.6 Å². The number of phenolic OH excluding ortho intramolecular Hbond substituents is 4. The van der Waals surface area contributed by atoms with Gasteiger partial charge in [-0.2, -0.15) is 0 Å². The lowest BCUT2D eigenvalue weighted by molar-refractivity contribution is -0.277. The van der Waals surface area contributed by atoms with Crippen molar-refractivity contribution in [1.82, 2.24) is 0 Å². The summed E-state index contributed by atoms with van der Waals surface area (Å²) in [5.74, 6) is -2.91. The number of fused-ring (bicyclic) bond motifs is 1. The van der Waals surface area contributed by atoms with Gasteiger partial charge in [-0.1, -0.05) is 0 Å². The summed E-state index contributed by atoms with van der Waals surface area (Å²) in [6.07, 6.45) is -8.44. The first-order chi connectivity index (χ1) is 15.6. The second kappa shape index (κ2) is 8.42. The van der Waals surface area contributed by atoms with Gasteiger partial charge >= 0.3 is 0 Å². The van der Waals surface area contributed by atoms with Gasteiger partial charge in [-0.3, -0.25) is 4.79 Å². The van der Waals surface area contributed by atoms with E-state index in [4.69, 9.17) is 13.9 Å². The van der Waals surface area contributed by atoms with E-state index in [-0.39, 0.29) is 16.9 Å². The van der Waals surface area contributed by atoms with Gasteiger partial charge in [-0.05, 0) is 12.1 Å². The van der Waals surface area contributed by atoms with Gasteiger partial charge in [0.05, 0.1) is 6.61 Å². The van der Waals surface area contributed by atoms with Crippen molar-refractivity contribution in [2.24, 2.45) is 0 Å². The fourth-order valence-corrected chi connectivity index (χ4v) is 3.57. The predicted octanol–water partition coefficient (Wildman–Crippen LogP) is -0.539. The second-order valence-corrected chi connectivity index (χ2v) is 7.48. The fraction of sp³-hybridized carbons (Fsp3) is 0.286. The van der Waals surface area contributed by atoms with Crippen LogP contribution in [0.25, 0.3) is 22.3 Å². The smallest absolute Gasteiger partial charge is 0.239 e. The molecular weight excluding hydrogens is 444 g/mol. The Bertz CT molecular complexity index is 1230. The van der Waals surface area contributed by atoms with Crippen LogP contribution >= 0.6 is 0 Å². The van der Waals surface area contributed by atoms with Crippen molar-refractivity contribution in [2.45, 2.75) is 30.7 Å². The topological polar surface area (TPSA) is 211 Å². The maximum atomic E-state index is 13.3. The highest BCUT2D eigenvalue weighted by molar-refractivity contribution is 5.88. The van der Waals surface area contributed by atoms with E-state index in [0.29, 0.717) is 0 Å². The van der Waals surface area contributed by atoms with Crippen molar-refractivity contribution >= 4 is 11.0 Å². The van der Waals surface area contributed by atoms with Gasteiger partial charge in [0.15, 0.2) is 5.76 Å². The van der Waals surface area contributed by atoms with Crippen molar-refractivity contribution in [3.8, 4) is 40.1 Å². The highest BCUT2D eigenvalue weighted by Gasteiger charge is 2.45. The first-order valence-corrected chi connectivity index (χ1v) is 9.64. The van der Waals surface area contributed by atoms with E-state index in [1.165, 1.54) is 0 Å². The number of rotatable bonds is 4. The van der Waals surface area contributed by atoms with Gasteiger partial charge in [-0.25, -0.2) is 0 Å². The van der Waals surface area contributed by atoms with Crippen LogP contribution in [0.5, 0.6) is 28.7 Å². The zero-order valence-electron chi connectivity index (χ0n) is 16.7. The largest absolute Gasteiger partial charge is 0.508 e. The van der Waals surface area contributed by atoms with Crippen molar-refractivity contribution in [1.29, 1.82) is 0 Å². The molecule has 0 bridgehead atoms. The first-order valence-electron chi connectivity index (χ1n) is 9.64. The molecule has 8 N–H and O–H groups in total. The summed E-state index contributed by atoms with van der Waals surface area (Å²) in [6.45, 7) is -0.746. The number of ether oxygens (including phenoxy) is 2. The molecule has 2 heterocycles. The third-order valence-corrected chi connectivity index (χ3v) is 5.16. The standard InChI is InChI=1S/C21H20O12/c22-6-13-15(27)17(29)18(30)21(32-13)33-20-16(28)14-11(26)4-10(25)5-12(14)31-19(20)7-1-8(23)3-9(24)2-7/h1-5,13,15,17-18,21-27,29-30H,6H2/t13-,15+,17-,18-,21-/m1/s1. The summed E-state index contributed by atoms with van der Waals surface area (Å²) in [5.41, 5.74) is -1.31. The minimum atomic E-state index is -1.86. The first kappa shape index (κ1) is 22.6. The highest BCUT2D eigenvalue weighted by Crippen LogP contribution is 2.39. The number of aliphatic hydroxyl groups is 4. The summed E-state index contributed by atoms with van der Waals surface area (Å²) in [4.78, 5) is 13.3. The molecule has 0 aliphatic carbocycles. The Hall–Kier alpha value is -3.55.